The number of aromatic carboxylic acids is 1. The standard InChI is InChI=1S/C16H13ClFNO4/c1-23-14-8-13(12(17)7-11(14)16(21)22)19-15(20)6-9-2-4-10(18)5-3-9/h2-5,7-8H,6H2,1H3,(H,19,20)(H,21,22). The number of anilines is 1. The highest BCUT2D eigenvalue weighted by Crippen LogP contribution is 2.31. The van der Waals surface area contributed by atoms with E-state index in [9.17, 15) is 14.0 Å². The van der Waals surface area contributed by atoms with Crippen LogP contribution in [0.25, 0.3) is 0 Å². The van der Waals surface area contributed by atoms with E-state index in [1.807, 2.05) is 0 Å². The van der Waals surface area contributed by atoms with Gasteiger partial charge >= 0.3 is 5.97 Å². The Morgan fingerprint density at radius 1 is 1.26 bits per heavy atom. The quantitative estimate of drug-likeness (QED) is 0.877. The largest absolute Gasteiger partial charge is 0.496 e. The monoisotopic (exact) mass is 337 g/mol. The maximum Gasteiger partial charge on any atom is 0.339 e. The summed E-state index contributed by atoms with van der Waals surface area (Å²) in [6.45, 7) is 0. The number of halogens is 2. The lowest BCUT2D eigenvalue weighted by Gasteiger charge is -2.11. The first kappa shape index (κ1) is 16.8. The third-order valence-electron chi connectivity index (χ3n) is 3.07. The highest BCUT2D eigenvalue weighted by atomic mass is 35.5. The summed E-state index contributed by atoms with van der Waals surface area (Å²) < 4.78 is 17.8. The Bertz CT molecular complexity index is 746. The minimum absolute atomic E-state index is 0.0274. The van der Waals surface area contributed by atoms with Crippen LogP contribution < -0.4 is 10.1 Å². The van der Waals surface area contributed by atoms with E-state index in [-0.39, 0.29) is 40.2 Å². The first-order chi connectivity index (χ1) is 10.9. The first-order valence-corrected chi connectivity index (χ1v) is 6.93. The molecule has 2 rings (SSSR count). The minimum Gasteiger partial charge on any atom is -0.496 e. The predicted molar refractivity (Wildman–Crippen MR) is 83.7 cm³/mol. The normalized spacial score (nSPS) is 10.2. The number of hydrogen-bond donors (Lipinski definition) is 2. The summed E-state index contributed by atoms with van der Waals surface area (Å²) >= 11 is 5.99. The van der Waals surface area contributed by atoms with Crippen LogP contribution in [0.3, 0.4) is 0 Å². The zero-order valence-corrected chi connectivity index (χ0v) is 12.9. The van der Waals surface area contributed by atoms with Crippen molar-refractivity contribution in [1.82, 2.24) is 0 Å². The highest BCUT2D eigenvalue weighted by Gasteiger charge is 2.16. The predicted octanol–water partition coefficient (Wildman–Crippen LogP) is 3.37. The van der Waals surface area contributed by atoms with Gasteiger partial charge in [-0.1, -0.05) is 23.7 Å². The van der Waals surface area contributed by atoms with Crippen LogP contribution in [0.1, 0.15) is 15.9 Å². The third kappa shape index (κ3) is 4.20. The molecule has 0 radical (unpaired) electrons. The summed E-state index contributed by atoms with van der Waals surface area (Å²) in [6, 6.07) is 8.08. The molecule has 0 saturated heterocycles. The van der Waals surface area contributed by atoms with Crippen molar-refractivity contribution in [2.75, 3.05) is 12.4 Å². The Morgan fingerprint density at radius 3 is 2.48 bits per heavy atom. The van der Waals surface area contributed by atoms with Crippen molar-refractivity contribution < 1.29 is 23.8 Å². The van der Waals surface area contributed by atoms with E-state index in [0.29, 0.717) is 5.56 Å². The van der Waals surface area contributed by atoms with Gasteiger partial charge in [0.2, 0.25) is 5.91 Å². The molecule has 2 aromatic rings. The zero-order valence-electron chi connectivity index (χ0n) is 12.1. The van der Waals surface area contributed by atoms with Crippen LogP contribution in [-0.2, 0) is 11.2 Å². The van der Waals surface area contributed by atoms with Crippen LogP contribution in [0.2, 0.25) is 5.02 Å². The van der Waals surface area contributed by atoms with Crippen LogP contribution in [0.15, 0.2) is 36.4 Å². The topological polar surface area (TPSA) is 75.6 Å². The molecule has 0 atom stereocenters. The van der Waals surface area contributed by atoms with E-state index in [1.54, 1.807) is 0 Å². The molecule has 120 valence electrons. The second-order valence-electron chi connectivity index (χ2n) is 4.69. The molecule has 2 N–H and O–H groups in total. The van der Waals surface area contributed by atoms with E-state index in [2.05, 4.69) is 5.32 Å². The molecule has 0 unspecified atom stereocenters. The Balaban J connectivity index is 2.17. The molecular weight excluding hydrogens is 325 g/mol. The van der Waals surface area contributed by atoms with Crippen LogP contribution >= 0.6 is 11.6 Å². The van der Waals surface area contributed by atoms with Crippen LogP contribution in [-0.4, -0.2) is 24.1 Å². The molecule has 0 fully saturated rings. The Kier molecular flexibility index (Phi) is 5.18. The van der Waals surface area contributed by atoms with Crippen molar-refractivity contribution in [1.29, 1.82) is 0 Å². The number of amides is 1. The van der Waals surface area contributed by atoms with Gasteiger partial charge in [0.05, 0.1) is 24.2 Å². The summed E-state index contributed by atoms with van der Waals surface area (Å²) in [4.78, 5) is 23.1. The van der Waals surface area contributed by atoms with E-state index in [0.717, 1.165) is 0 Å². The first-order valence-electron chi connectivity index (χ1n) is 6.56. The van der Waals surface area contributed by atoms with Gasteiger partial charge in [0.25, 0.3) is 0 Å². The number of nitrogens with one attached hydrogen (secondary N) is 1. The molecule has 1 amide bonds. The second kappa shape index (κ2) is 7.11. The fourth-order valence-electron chi connectivity index (χ4n) is 1.97. The average molecular weight is 338 g/mol. The van der Waals surface area contributed by atoms with Crippen LogP contribution in [0, 0.1) is 5.82 Å². The molecule has 23 heavy (non-hydrogen) atoms. The Morgan fingerprint density at radius 2 is 1.91 bits per heavy atom. The van der Waals surface area contributed by atoms with Gasteiger partial charge in [-0.2, -0.15) is 0 Å². The number of rotatable bonds is 5. The lowest BCUT2D eigenvalue weighted by molar-refractivity contribution is -0.115. The summed E-state index contributed by atoms with van der Waals surface area (Å²) in [5.41, 5.74) is 0.767. The van der Waals surface area contributed by atoms with Gasteiger partial charge in [0.1, 0.15) is 17.1 Å². The SMILES string of the molecule is COc1cc(NC(=O)Cc2ccc(F)cc2)c(Cl)cc1C(=O)O. The smallest absolute Gasteiger partial charge is 0.339 e. The Hall–Kier alpha value is -2.60. The molecule has 0 aliphatic carbocycles. The van der Waals surface area contributed by atoms with Gasteiger partial charge < -0.3 is 15.2 Å². The van der Waals surface area contributed by atoms with E-state index in [1.165, 1.54) is 43.5 Å². The zero-order chi connectivity index (χ0) is 17.0. The number of hydrogen-bond acceptors (Lipinski definition) is 3. The lowest BCUT2D eigenvalue weighted by Crippen LogP contribution is -2.15. The van der Waals surface area contributed by atoms with E-state index < -0.39 is 5.97 Å². The van der Waals surface area contributed by atoms with Gasteiger partial charge in [-0.3, -0.25) is 4.79 Å². The van der Waals surface area contributed by atoms with Crippen molar-refractivity contribution in [2.24, 2.45) is 0 Å². The summed E-state index contributed by atoms with van der Waals surface area (Å²) in [7, 11) is 1.32. The molecule has 0 spiro atoms. The minimum atomic E-state index is -1.19. The molecule has 0 aliphatic rings. The second-order valence-corrected chi connectivity index (χ2v) is 5.10. The van der Waals surface area contributed by atoms with Crippen LogP contribution in [0.5, 0.6) is 5.75 Å². The number of methoxy groups -OCH3 is 1. The van der Waals surface area contributed by atoms with Gasteiger partial charge in [0, 0.05) is 6.07 Å². The summed E-state index contributed by atoms with van der Waals surface area (Å²) in [5.74, 6) is -1.86. The third-order valence-corrected chi connectivity index (χ3v) is 3.38. The number of carbonyl (C=O) groups is 2. The highest BCUT2D eigenvalue weighted by molar-refractivity contribution is 6.34. The average Bonchev–Trinajstić information content (AvgIpc) is 2.51. The number of benzene rings is 2. The summed E-state index contributed by atoms with van der Waals surface area (Å²) in [6.07, 6.45) is 0.0274. The molecule has 0 saturated carbocycles. The molecular formula is C16H13ClFNO4. The number of carboxylic acid groups (broad SMARTS) is 1. The molecule has 2 aromatic carbocycles. The van der Waals surface area contributed by atoms with Gasteiger partial charge in [-0.25, -0.2) is 9.18 Å². The van der Waals surface area contributed by atoms with Gasteiger partial charge in [-0.15, -0.1) is 0 Å². The molecule has 0 heterocycles. The van der Waals surface area contributed by atoms with Crippen molar-refractivity contribution in [3.8, 4) is 5.75 Å². The van der Waals surface area contributed by atoms with Crippen LogP contribution in [0.4, 0.5) is 10.1 Å². The number of carbonyl (C=O) groups excluding carboxylic acids is 1. The number of carboxylic acids is 1. The maximum absolute atomic E-state index is 12.8. The fraction of sp³-hybridized carbons (Fsp3) is 0.125. The van der Waals surface area contributed by atoms with E-state index in [4.69, 9.17) is 21.4 Å². The van der Waals surface area contributed by atoms with Crippen molar-refractivity contribution >= 4 is 29.2 Å². The number of ether oxygens (including phenoxy) is 1. The van der Waals surface area contributed by atoms with Crippen molar-refractivity contribution in [3.05, 3.63) is 58.4 Å². The molecule has 5 nitrogen and oxygen atoms in total. The van der Waals surface area contributed by atoms with Gasteiger partial charge in [0.15, 0.2) is 0 Å². The molecule has 0 aliphatic heterocycles. The Labute approximate surface area is 136 Å². The molecule has 0 bridgehead atoms. The summed E-state index contributed by atoms with van der Waals surface area (Å²) in [5, 5.41) is 11.7. The lowest BCUT2D eigenvalue weighted by atomic mass is 10.1. The molecule has 0 aromatic heterocycles. The van der Waals surface area contributed by atoms with Gasteiger partial charge in [-0.05, 0) is 23.8 Å². The molecule has 7 heteroatoms. The van der Waals surface area contributed by atoms with E-state index >= 15 is 0 Å². The van der Waals surface area contributed by atoms with Crippen molar-refractivity contribution in [3.63, 3.8) is 0 Å². The van der Waals surface area contributed by atoms with Crippen molar-refractivity contribution in [2.45, 2.75) is 6.42 Å². The maximum atomic E-state index is 12.8. The fourth-order valence-corrected chi connectivity index (χ4v) is 2.18.